The predicted octanol–water partition coefficient (Wildman–Crippen LogP) is 3.61. The summed E-state index contributed by atoms with van der Waals surface area (Å²) in [5.74, 6) is 1.64. The van der Waals surface area contributed by atoms with Crippen molar-refractivity contribution in [2.75, 3.05) is 0 Å². The Morgan fingerprint density at radius 3 is 2.44 bits per heavy atom. The van der Waals surface area contributed by atoms with E-state index in [-0.39, 0.29) is 16.9 Å². The van der Waals surface area contributed by atoms with Crippen molar-refractivity contribution in [2.45, 2.75) is 65.9 Å². The SMILES string of the molecule is C[C@@H]1CC[C@]23[C@H]1CC[C@@]2(C)CC(C)(C)[C@@H]3O. The van der Waals surface area contributed by atoms with E-state index in [1.807, 2.05) is 0 Å². The van der Waals surface area contributed by atoms with E-state index < -0.39 is 0 Å². The van der Waals surface area contributed by atoms with Crippen molar-refractivity contribution >= 4 is 0 Å². The molecule has 3 aliphatic carbocycles. The fourth-order valence-corrected chi connectivity index (χ4v) is 6.08. The van der Waals surface area contributed by atoms with Crippen LogP contribution in [0.5, 0.6) is 0 Å². The Morgan fingerprint density at radius 2 is 1.75 bits per heavy atom. The highest BCUT2D eigenvalue weighted by molar-refractivity contribution is 5.20. The molecule has 1 nitrogen and oxygen atoms in total. The number of aliphatic hydroxyl groups is 1. The monoisotopic (exact) mass is 222 g/mol. The lowest BCUT2D eigenvalue weighted by atomic mass is 9.64. The van der Waals surface area contributed by atoms with Crippen molar-refractivity contribution in [2.24, 2.45) is 28.1 Å². The molecule has 0 amide bonds. The third-order valence-corrected chi connectivity index (χ3v) is 6.57. The van der Waals surface area contributed by atoms with Crippen LogP contribution in [0.15, 0.2) is 0 Å². The highest BCUT2D eigenvalue weighted by Crippen LogP contribution is 2.75. The van der Waals surface area contributed by atoms with Crippen LogP contribution < -0.4 is 0 Å². The van der Waals surface area contributed by atoms with Gasteiger partial charge in [-0.1, -0.05) is 27.7 Å². The largest absolute Gasteiger partial charge is 0.392 e. The fourth-order valence-electron chi connectivity index (χ4n) is 6.08. The second kappa shape index (κ2) is 2.85. The zero-order valence-corrected chi connectivity index (χ0v) is 11.2. The van der Waals surface area contributed by atoms with Crippen LogP contribution in [0.25, 0.3) is 0 Å². The molecule has 3 aliphatic rings. The molecular weight excluding hydrogens is 196 g/mol. The molecule has 0 unspecified atom stereocenters. The van der Waals surface area contributed by atoms with Gasteiger partial charge in [0.05, 0.1) is 6.10 Å². The minimum Gasteiger partial charge on any atom is -0.392 e. The van der Waals surface area contributed by atoms with Crippen molar-refractivity contribution in [3.63, 3.8) is 0 Å². The zero-order valence-electron chi connectivity index (χ0n) is 11.2. The van der Waals surface area contributed by atoms with Crippen molar-refractivity contribution in [3.8, 4) is 0 Å². The van der Waals surface area contributed by atoms with Crippen LogP contribution >= 0.6 is 0 Å². The molecule has 3 rings (SSSR count). The summed E-state index contributed by atoms with van der Waals surface area (Å²) >= 11 is 0. The molecule has 1 N–H and O–H groups in total. The zero-order chi connectivity index (χ0) is 11.8. The summed E-state index contributed by atoms with van der Waals surface area (Å²) in [7, 11) is 0. The molecule has 0 aromatic heterocycles. The molecule has 92 valence electrons. The van der Waals surface area contributed by atoms with Crippen molar-refractivity contribution in [3.05, 3.63) is 0 Å². The van der Waals surface area contributed by atoms with E-state index >= 15 is 0 Å². The highest BCUT2D eigenvalue weighted by atomic mass is 16.3. The first kappa shape index (κ1) is 11.1. The first-order valence-electron chi connectivity index (χ1n) is 7.02. The molecule has 0 aliphatic heterocycles. The maximum absolute atomic E-state index is 10.9. The Balaban J connectivity index is 2.10. The van der Waals surface area contributed by atoms with E-state index in [4.69, 9.17) is 0 Å². The quantitative estimate of drug-likeness (QED) is 0.664. The van der Waals surface area contributed by atoms with Crippen LogP contribution in [0.3, 0.4) is 0 Å². The van der Waals surface area contributed by atoms with Crippen LogP contribution in [-0.2, 0) is 0 Å². The van der Waals surface area contributed by atoms with Gasteiger partial charge in [0.25, 0.3) is 0 Å². The van der Waals surface area contributed by atoms with Crippen LogP contribution in [-0.4, -0.2) is 11.2 Å². The summed E-state index contributed by atoms with van der Waals surface area (Å²) < 4.78 is 0. The van der Waals surface area contributed by atoms with Gasteiger partial charge in [-0.05, 0) is 54.8 Å². The van der Waals surface area contributed by atoms with Crippen molar-refractivity contribution < 1.29 is 5.11 Å². The van der Waals surface area contributed by atoms with E-state index in [1.54, 1.807) is 0 Å². The molecule has 0 radical (unpaired) electrons. The number of hydrogen-bond donors (Lipinski definition) is 1. The molecule has 1 spiro atoms. The second-order valence-corrected chi connectivity index (χ2v) is 7.83. The van der Waals surface area contributed by atoms with Gasteiger partial charge in [0.15, 0.2) is 0 Å². The molecular formula is C15H26O. The number of aliphatic hydroxyl groups excluding tert-OH is 1. The van der Waals surface area contributed by atoms with Gasteiger partial charge in [-0.15, -0.1) is 0 Å². The standard InChI is InChI=1S/C15H26O/c1-10-5-8-15-11(10)6-7-14(15,4)9-13(2,3)12(15)16/h10-12,16H,5-9H2,1-4H3/t10-,11+,12+,14+,15-/m1/s1. The molecule has 0 heterocycles. The molecule has 1 heteroatoms. The summed E-state index contributed by atoms with van der Waals surface area (Å²) in [6.45, 7) is 9.41. The Labute approximate surface area is 99.6 Å². The maximum Gasteiger partial charge on any atom is 0.0655 e. The minimum atomic E-state index is -0.0672. The Kier molecular flexibility index (Phi) is 1.98. The lowest BCUT2D eigenvalue weighted by Crippen LogP contribution is -2.43. The number of rotatable bonds is 0. The first-order valence-corrected chi connectivity index (χ1v) is 7.02. The minimum absolute atomic E-state index is 0.0672. The van der Waals surface area contributed by atoms with Crippen LogP contribution in [0.4, 0.5) is 0 Å². The molecule has 5 atom stereocenters. The fraction of sp³-hybridized carbons (Fsp3) is 1.00. The van der Waals surface area contributed by atoms with Gasteiger partial charge in [0.1, 0.15) is 0 Å². The Hall–Kier alpha value is -0.0400. The average molecular weight is 222 g/mol. The molecule has 0 aromatic carbocycles. The van der Waals surface area contributed by atoms with Crippen molar-refractivity contribution in [1.29, 1.82) is 0 Å². The third-order valence-electron chi connectivity index (χ3n) is 6.57. The molecule has 16 heavy (non-hydrogen) atoms. The lowest BCUT2D eigenvalue weighted by Gasteiger charge is -2.42. The highest BCUT2D eigenvalue weighted by Gasteiger charge is 2.71. The van der Waals surface area contributed by atoms with Gasteiger partial charge < -0.3 is 5.11 Å². The second-order valence-electron chi connectivity index (χ2n) is 7.83. The summed E-state index contributed by atoms with van der Waals surface area (Å²) in [5.41, 5.74) is 0.832. The normalized spacial score (nSPS) is 58.7. The van der Waals surface area contributed by atoms with Gasteiger partial charge in [-0.3, -0.25) is 0 Å². The lowest BCUT2D eigenvalue weighted by molar-refractivity contribution is -0.0497. The average Bonchev–Trinajstić information content (AvgIpc) is 2.68. The third kappa shape index (κ3) is 0.978. The Morgan fingerprint density at radius 1 is 1.06 bits per heavy atom. The van der Waals surface area contributed by atoms with Crippen LogP contribution in [0.2, 0.25) is 0 Å². The number of hydrogen-bond acceptors (Lipinski definition) is 1. The molecule has 0 bridgehead atoms. The Bertz CT molecular complexity index is 321. The van der Waals surface area contributed by atoms with Crippen LogP contribution in [0.1, 0.15) is 59.8 Å². The summed E-state index contributed by atoms with van der Waals surface area (Å²) in [5, 5.41) is 10.9. The molecule has 0 saturated heterocycles. The van der Waals surface area contributed by atoms with E-state index in [0.29, 0.717) is 5.41 Å². The van der Waals surface area contributed by atoms with Crippen LogP contribution in [0, 0.1) is 28.1 Å². The van der Waals surface area contributed by atoms with Crippen molar-refractivity contribution in [1.82, 2.24) is 0 Å². The predicted molar refractivity (Wildman–Crippen MR) is 66.1 cm³/mol. The van der Waals surface area contributed by atoms with Gasteiger partial charge in [-0.2, -0.15) is 0 Å². The summed E-state index contributed by atoms with van der Waals surface area (Å²) in [6, 6.07) is 0. The van der Waals surface area contributed by atoms with E-state index in [2.05, 4.69) is 27.7 Å². The van der Waals surface area contributed by atoms with Gasteiger partial charge in [0, 0.05) is 5.41 Å². The molecule has 0 aromatic rings. The first-order chi connectivity index (χ1) is 7.33. The van der Waals surface area contributed by atoms with Gasteiger partial charge in [0.2, 0.25) is 0 Å². The molecule has 3 fully saturated rings. The van der Waals surface area contributed by atoms with E-state index in [1.165, 1.54) is 32.1 Å². The smallest absolute Gasteiger partial charge is 0.0655 e. The van der Waals surface area contributed by atoms with E-state index in [0.717, 1.165) is 11.8 Å². The summed E-state index contributed by atoms with van der Waals surface area (Å²) in [4.78, 5) is 0. The van der Waals surface area contributed by atoms with E-state index in [9.17, 15) is 5.11 Å². The maximum atomic E-state index is 10.9. The van der Waals surface area contributed by atoms with Gasteiger partial charge in [-0.25, -0.2) is 0 Å². The summed E-state index contributed by atoms with van der Waals surface area (Å²) in [6.07, 6.45) is 6.49. The topological polar surface area (TPSA) is 20.2 Å². The van der Waals surface area contributed by atoms with Gasteiger partial charge >= 0.3 is 0 Å². The molecule has 3 saturated carbocycles.